The highest BCUT2D eigenvalue weighted by Crippen LogP contribution is 2.27. The second-order valence-corrected chi connectivity index (χ2v) is 4.69. The minimum atomic E-state index is 0.247. The Hall–Kier alpha value is -2.22. The number of nitrogens with zero attached hydrogens (tertiary/aromatic N) is 4. The SMILES string of the molecule is Cc1nc(CCNc2ncnc(NN)c2C(C)C)no1. The number of hydrogen-bond donors (Lipinski definition) is 3. The molecule has 2 rings (SSSR count). The molecule has 0 spiro atoms. The molecule has 0 amide bonds. The van der Waals surface area contributed by atoms with Gasteiger partial charge in [-0.25, -0.2) is 15.8 Å². The first-order valence-electron chi connectivity index (χ1n) is 6.46. The zero-order chi connectivity index (χ0) is 14.5. The van der Waals surface area contributed by atoms with Gasteiger partial charge in [0.05, 0.1) is 0 Å². The lowest BCUT2D eigenvalue weighted by molar-refractivity contribution is 0.387. The van der Waals surface area contributed by atoms with Crippen molar-refractivity contribution in [2.75, 3.05) is 17.3 Å². The van der Waals surface area contributed by atoms with Gasteiger partial charge in [0.25, 0.3) is 0 Å². The molecule has 2 aromatic heterocycles. The Bertz CT molecular complexity index is 567. The Morgan fingerprint density at radius 2 is 2.05 bits per heavy atom. The summed E-state index contributed by atoms with van der Waals surface area (Å²) in [5, 5.41) is 7.11. The maximum Gasteiger partial charge on any atom is 0.223 e. The van der Waals surface area contributed by atoms with Crippen LogP contribution in [0, 0.1) is 6.92 Å². The Morgan fingerprint density at radius 1 is 1.30 bits per heavy atom. The number of nitrogen functional groups attached to an aromatic ring is 1. The molecule has 2 aromatic rings. The fraction of sp³-hybridized carbons (Fsp3) is 0.500. The normalized spacial score (nSPS) is 10.8. The van der Waals surface area contributed by atoms with Gasteiger partial charge >= 0.3 is 0 Å². The molecule has 8 heteroatoms. The largest absolute Gasteiger partial charge is 0.369 e. The maximum absolute atomic E-state index is 5.48. The minimum Gasteiger partial charge on any atom is -0.369 e. The summed E-state index contributed by atoms with van der Waals surface area (Å²) in [6.07, 6.45) is 2.13. The van der Waals surface area contributed by atoms with Crippen LogP contribution in [0.5, 0.6) is 0 Å². The van der Waals surface area contributed by atoms with E-state index < -0.39 is 0 Å². The van der Waals surface area contributed by atoms with Gasteiger partial charge in [0.1, 0.15) is 18.0 Å². The van der Waals surface area contributed by atoms with Crippen LogP contribution in [0.3, 0.4) is 0 Å². The summed E-state index contributed by atoms with van der Waals surface area (Å²) in [6, 6.07) is 0. The fourth-order valence-corrected chi connectivity index (χ4v) is 1.93. The Labute approximate surface area is 117 Å². The molecule has 108 valence electrons. The van der Waals surface area contributed by atoms with Crippen LogP contribution in [0.1, 0.15) is 37.0 Å². The van der Waals surface area contributed by atoms with E-state index in [1.807, 2.05) is 0 Å². The van der Waals surface area contributed by atoms with Crippen molar-refractivity contribution in [1.82, 2.24) is 20.1 Å². The lowest BCUT2D eigenvalue weighted by Gasteiger charge is -2.16. The zero-order valence-corrected chi connectivity index (χ0v) is 11.8. The highest BCUT2D eigenvalue weighted by molar-refractivity contribution is 5.58. The third-order valence-electron chi connectivity index (χ3n) is 2.81. The van der Waals surface area contributed by atoms with Crippen LogP contribution < -0.4 is 16.6 Å². The van der Waals surface area contributed by atoms with Crippen LogP contribution >= 0.6 is 0 Å². The van der Waals surface area contributed by atoms with Gasteiger partial charge in [0.2, 0.25) is 5.89 Å². The molecule has 0 radical (unpaired) electrons. The van der Waals surface area contributed by atoms with Gasteiger partial charge < -0.3 is 15.3 Å². The topological polar surface area (TPSA) is 115 Å². The molecule has 8 nitrogen and oxygen atoms in total. The van der Waals surface area contributed by atoms with Crippen LogP contribution in [-0.4, -0.2) is 26.7 Å². The third kappa shape index (κ3) is 3.21. The molecule has 0 aliphatic carbocycles. The van der Waals surface area contributed by atoms with Crippen molar-refractivity contribution in [2.45, 2.75) is 33.1 Å². The molecule has 0 fully saturated rings. The van der Waals surface area contributed by atoms with Gasteiger partial charge in [-0.2, -0.15) is 4.98 Å². The number of hydrogen-bond acceptors (Lipinski definition) is 8. The number of rotatable bonds is 6. The monoisotopic (exact) mass is 277 g/mol. The zero-order valence-electron chi connectivity index (χ0n) is 11.8. The minimum absolute atomic E-state index is 0.247. The van der Waals surface area contributed by atoms with E-state index in [1.165, 1.54) is 6.33 Å². The van der Waals surface area contributed by atoms with Gasteiger partial charge in [-0.3, -0.25) is 0 Å². The Balaban J connectivity index is 2.05. The van der Waals surface area contributed by atoms with Crippen molar-refractivity contribution >= 4 is 11.6 Å². The smallest absolute Gasteiger partial charge is 0.223 e. The second-order valence-electron chi connectivity index (χ2n) is 4.69. The first-order chi connectivity index (χ1) is 9.61. The number of nitrogens with two attached hydrogens (primary N) is 1. The van der Waals surface area contributed by atoms with Gasteiger partial charge in [-0.1, -0.05) is 19.0 Å². The molecule has 0 bridgehead atoms. The lowest BCUT2D eigenvalue weighted by atomic mass is 10.0. The molecule has 0 aliphatic heterocycles. The molecule has 0 saturated heterocycles. The molecule has 0 aromatic carbocycles. The molecular formula is C12H19N7O. The fourth-order valence-electron chi connectivity index (χ4n) is 1.93. The predicted octanol–water partition coefficient (Wildman–Crippen LogP) is 1.23. The molecule has 2 heterocycles. The second kappa shape index (κ2) is 6.29. The molecule has 0 unspecified atom stereocenters. The van der Waals surface area contributed by atoms with Crippen LogP contribution in [0.2, 0.25) is 0 Å². The highest BCUT2D eigenvalue weighted by atomic mass is 16.5. The van der Waals surface area contributed by atoms with E-state index in [-0.39, 0.29) is 5.92 Å². The van der Waals surface area contributed by atoms with Gasteiger partial charge in [-0.15, -0.1) is 0 Å². The summed E-state index contributed by atoms with van der Waals surface area (Å²) in [5.41, 5.74) is 3.56. The van der Waals surface area contributed by atoms with Gasteiger partial charge in [0, 0.05) is 25.5 Å². The van der Waals surface area contributed by atoms with E-state index in [2.05, 4.69) is 44.7 Å². The number of anilines is 2. The quantitative estimate of drug-likeness (QED) is 0.533. The predicted molar refractivity (Wildman–Crippen MR) is 75.2 cm³/mol. The van der Waals surface area contributed by atoms with E-state index in [1.54, 1.807) is 6.92 Å². The van der Waals surface area contributed by atoms with Crippen molar-refractivity contribution < 1.29 is 4.52 Å². The summed E-state index contributed by atoms with van der Waals surface area (Å²) in [6.45, 7) is 6.55. The van der Waals surface area contributed by atoms with Crippen LogP contribution in [0.15, 0.2) is 10.9 Å². The van der Waals surface area contributed by atoms with E-state index in [0.717, 1.165) is 11.4 Å². The van der Waals surface area contributed by atoms with E-state index in [4.69, 9.17) is 10.4 Å². The van der Waals surface area contributed by atoms with Gasteiger partial charge in [0.15, 0.2) is 5.82 Å². The lowest BCUT2D eigenvalue weighted by Crippen LogP contribution is -2.16. The molecule has 0 saturated carbocycles. The summed E-state index contributed by atoms with van der Waals surface area (Å²) in [5.74, 6) is 8.37. The number of aryl methyl sites for hydroxylation is 1. The van der Waals surface area contributed by atoms with Crippen LogP contribution in [0.4, 0.5) is 11.6 Å². The molecule has 0 atom stereocenters. The Morgan fingerprint density at radius 3 is 2.65 bits per heavy atom. The van der Waals surface area contributed by atoms with Crippen molar-refractivity contribution in [2.24, 2.45) is 5.84 Å². The molecule has 0 aliphatic rings. The number of aromatic nitrogens is 4. The van der Waals surface area contributed by atoms with Crippen molar-refractivity contribution in [3.63, 3.8) is 0 Å². The van der Waals surface area contributed by atoms with Crippen LogP contribution in [0.25, 0.3) is 0 Å². The van der Waals surface area contributed by atoms with Crippen LogP contribution in [-0.2, 0) is 6.42 Å². The standard InChI is InChI=1S/C12H19N7O/c1-7(2)10-11(15-6-16-12(10)18-13)14-5-4-9-17-8(3)20-19-9/h6-7H,4-5,13H2,1-3H3,(H2,14,15,16,18). The summed E-state index contributed by atoms with van der Waals surface area (Å²) < 4.78 is 4.92. The van der Waals surface area contributed by atoms with Crippen molar-refractivity contribution in [1.29, 1.82) is 0 Å². The van der Waals surface area contributed by atoms with Crippen molar-refractivity contribution in [3.05, 3.63) is 23.6 Å². The summed E-state index contributed by atoms with van der Waals surface area (Å²) in [4.78, 5) is 12.5. The number of nitrogens with one attached hydrogen (secondary N) is 2. The van der Waals surface area contributed by atoms with Gasteiger partial charge in [-0.05, 0) is 5.92 Å². The molecule has 20 heavy (non-hydrogen) atoms. The van der Waals surface area contributed by atoms with Crippen molar-refractivity contribution in [3.8, 4) is 0 Å². The van der Waals surface area contributed by atoms with E-state index in [9.17, 15) is 0 Å². The average Bonchev–Trinajstić information content (AvgIpc) is 2.83. The Kier molecular flexibility index (Phi) is 4.46. The highest BCUT2D eigenvalue weighted by Gasteiger charge is 2.14. The van der Waals surface area contributed by atoms with E-state index in [0.29, 0.717) is 30.5 Å². The first-order valence-corrected chi connectivity index (χ1v) is 6.46. The molecule has 4 N–H and O–H groups in total. The van der Waals surface area contributed by atoms with E-state index >= 15 is 0 Å². The summed E-state index contributed by atoms with van der Waals surface area (Å²) in [7, 11) is 0. The maximum atomic E-state index is 5.48. The first kappa shape index (κ1) is 14.2. The molecular weight excluding hydrogens is 258 g/mol. The average molecular weight is 277 g/mol. The summed E-state index contributed by atoms with van der Waals surface area (Å²) >= 11 is 0. The number of hydrazine groups is 1. The third-order valence-corrected chi connectivity index (χ3v) is 2.81.